The maximum Gasteiger partial charge on any atom is 0.573 e. The van der Waals surface area contributed by atoms with Gasteiger partial charge in [-0.3, -0.25) is 9.59 Å². The van der Waals surface area contributed by atoms with Crippen molar-refractivity contribution in [1.82, 2.24) is 14.7 Å². The Labute approximate surface area is 186 Å². The van der Waals surface area contributed by atoms with E-state index in [2.05, 4.69) is 9.84 Å². The Hall–Kier alpha value is -3.33. The molecule has 0 radical (unpaired) electrons. The molecular weight excluding hydrogens is 447 g/mol. The van der Waals surface area contributed by atoms with E-state index in [9.17, 15) is 22.8 Å². The van der Waals surface area contributed by atoms with Crippen LogP contribution in [0.1, 0.15) is 23.3 Å². The van der Waals surface area contributed by atoms with Crippen LogP contribution < -0.4 is 4.74 Å². The summed E-state index contributed by atoms with van der Waals surface area (Å²) in [5, 5.41) is 4.85. The van der Waals surface area contributed by atoms with Crippen LogP contribution in [0.15, 0.2) is 54.6 Å². The van der Waals surface area contributed by atoms with E-state index < -0.39 is 12.1 Å². The van der Waals surface area contributed by atoms with Gasteiger partial charge in [0.15, 0.2) is 5.69 Å². The van der Waals surface area contributed by atoms with Crippen LogP contribution >= 0.6 is 11.6 Å². The van der Waals surface area contributed by atoms with Gasteiger partial charge >= 0.3 is 6.36 Å². The average Bonchev–Trinajstić information content (AvgIpc) is 3.18. The van der Waals surface area contributed by atoms with E-state index in [0.29, 0.717) is 35.1 Å². The Balaban J connectivity index is 1.76. The Morgan fingerprint density at radius 2 is 1.75 bits per heavy atom. The van der Waals surface area contributed by atoms with Gasteiger partial charge in [-0.05, 0) is 36.4 Å². The number of hydrogen-bond donors (Lipinski definition) is 0. The summed E-state index contributed by atoms with van der Waals surface area (Å²) in [4.78, 5) is 26.0. The zero-order chi connectivity index (χ0) is 22.9. The monoisotopic (exact) mass is 463 g/mol. The van der Waals surface area contributed by atoms with Gasteiger partial charge in [-0.1, -0.05) is 29.8 Å². The van der Waals surface area contributed by atoms with Gasteiger partial charge in [0, 0.05) is 36.5 Å². The van der Waals surface area contributed by atoms with Gasteiger partial charge < -0.3 is 9.64 Å². The van der Waals surface area contributed by atoms with Crippen molar-refractivity contribution in [2.24, 2.45) is 0 Å². The van der Waals surface area contributed by atoms with E-state index in [-0.39, 0.29) is 30.2 Å². The third-order valence-corrected chi connectivity index (χ3v) is 5.19. The van der Waals surface area contributed by atoms with Gasteiger partial charge in [0.05, 0.1) is 11.4 Å². The Morgan fingerprint density at radius 1 is 1.03 bits per heavy atom. The van der Waals surface area contributed by atoms with Crippen molar-refractivity contribution in [2.75, 3.05) is 13.1 Å². The number of benzene rings is 2. The molecule has 0 atom stereocenters. The van der Waals surface area contributed by atoms with Crippen LogP contribution in [0.4, 0.5) is 13.2 Å². The minimum atomic E-state index is -4.83. The number of alkyl halides is 3. The molecule has 10 heteroatoms. The van der Waals surface area contributed by atoms with Gasteiger partial charge in [0.2, 0.25) is 0 Å². The van der Waals surface area contributed by atoms with E-state index in [1.807, 2.05) is 0 Å². The fraction of sp³-hybridized carbons (Fsp3) is 0.227. The summed E-state index contributed by atoms with van der Waals surface area (Å²) in [5.74, 6) is -0.654. The van der Waals surface area contributed by atoms with Gasteiger partial charge in [0.1, 0.15) is 11.5 Å². The number of rotatable bonds is 4. The highest BCUT2D eigenvalue weighted by molar-refractivity contribution is 6.30. The molecule has 32 heavy (non-hydrogen) atoms. The Kier molecular flexibility index (Phi) is 5.92. The van der Waals surface area contributed by atoms with Crippen molar-refractivity contribution >= 4 is 23.3 Å². The molecule has 0 aliphatic carbocycles. The quantitative estimate of drug-likeness (QED) is 0.552. The molecule has 1 aliphatic rings. The Morgan fingerprint density at radius 3 is 2.44 bits per heavy atom. The molecule has 0 unspecified atom stereocenters. The number of amides is 1. The van der Waals surface area contributed by atoms with E-state index >= 15 is 0 Å². The van der Waals surface area contributed by atoms with Crippen LogP contribution in [-0.4, -0.2) is 45.8 Å². The van der Waals surface area contributed by atoms with Crippen LogP contribution in [0, 0.1) is 0 Å². The number of nitrogens with zero attached hydrogens (tertiary/aromatic N) is 3. The molecule has 166 valence electrons. The summed E-state index contributed by atoms with van der Waals surface area (Å²) >= 11 is 6.10. The number of halogens is 4. The van der Waals surface area contributed by atoms with Crippen LogP contribution in [0.5, 0.6) is 5.75 Å². The lowest BCUT2D eigenvalue weighted by atomic mass is 10.1. The van der Waals surface area contributed by atoms with Crippen molar-refractivity contribution in [3.63, 3.8) is 0 Å². The molecule has 1 aliphatic heterocycles. The van der Waals surface area contributed by atoms with Crippen molar-refractivity contribution in [3.8, 4) is 22.7 Å². The summed E-state index contributed by atoms with van der Waals surface area (Å²) in [5.41, 5.74) is 1.39. The fourth-order valence-corrected chi connectivity index (χ4v) is 3.65. The molecule has 0 spiro atoms. The zero-order valence-corrected chi connectivity index (χ0v) is 17.4. The van der Waals surface area contributed by atoms with Gasteiger partial charge in [0.25, 0.3) is 5.91 Å². The molecule has 2 aromatic carbocycles. The number of aromatic nitrogens is 2. The number of piperidine rings is 1. The molecule has 1 amide bonds. The van der Waals surface area contributed by atoms with Crippen molar-refractivity contribution in [3.05, 3.63) is 65.3 Å². The number of hydrogen-bond acceptors (Lipinski definition) is 4. The molecule has 4 rings (SSSR count). The number of ketones is 1. The van der Waals surface area contributed by atoms with E-state index in [0.717, 1.165) is 0 Å². The molecule has 3 aromatic rings. The van der Waals surface area contributed by atoms with E-state index in [1.54, 1.807) is 35.2 Å². The molecule has 1 saturated heterocycles. The third-order valence-electron chi connectivity index (χ3n) is 4.95. The highest BCUT2D eigenvalue weighted by Crippen LogP contribution is 2.31. The lowest BCUT2D eigenvalue weighted by molar-refractivity contribution is -0.274. The second-order valence-corrected chi connectivity index (χ2v) is 7.65. The molecule has 6 nitrogen and oxygen atoms in total. The number of carbonyl (C=O) groups excluding carboxylic acids is 2. The fourth-order valence-electron chi connectivity index (χ4n) is 3.47. The first kappa shape index (κ1) is 21.9. The predicted octanol–water partition coefficient (Wildman–Crippen LogP) is 4.90. The van der Waals surface area contributed by atoms with E-state index in [4.69, 9.17) is 11.6 Å². The number of ether oxygens (including phenoxy) is 1. The standard InChI is InChI=1S/C22H17ClF3N3O3/c23-15-4-2-5-16(12-15)29-20(14-3-1-6-18(11-14)32-22(24,25)26)13-19(27-29)21(31)28-9-7-17(30)8-10-28/h1-6,11-13H,7-10H2. The highest BCUT2D eigenvalue weighted by atomic mass is 35.5. The maximum atomic E-state index is 13.0. The molecule has 0 saturated carbocycles. The SMILES string of the molecule is O=C1CCN(C(=O)c2cc(-c3cccc(OC(F)(F)F)c3)n(-c3cccc(Cl)c3)n2)CC1. The second kappa shape index (κ2) is 8.66. The molecule has 2 heterocycles. The van der Waals surface area contributed by atoms with Crippen molar-refractivity contribution in [1.29, 1.82) is 0 Å². The first-order chi connectivity index (χ1) is 15.2. The first-order valence-electron chi connectivity index (χ1n) is 9.73. The number of likely N-dealkylation sites (tertiary alicyclic amines) is 1. The van der Waals surface area contributed by atoms with Gasteiger partial charge in [-0.15, -0.1) is 13.2 Å². The lowest BCUT2D eigenvalue weighted by Gasteiger charge is -2.25. The summed E-state index contributed by atoms with van der Waals surface area (Å²) < 4.78 is 43.5. The van der Waals surface area contributed by atoms with Crippen LogP contribution in [0.2, 0.25) is 5.02 Å². The number of carbonyl (C=O) groups is 2. The minimum absolute atomic E-state index is 0.0978. The number of Topliss-reactive ketones (excluding diaryl/α,β-unsaturated/α-hetero) is 1. The summed E-state index contributed by atoms with van der Waals surface area (Å²) in [6, 6.07) is 13.6. The summed E-state index contributed by atoms with van der Waals surface area (Å²) in [6.07, 6.45) is -4.27. The van der Waals surface area contributed by atoms with E-state index in [1.165, 1.54) is 28.9 Å². The van der Waals surface area contributed by atoms with Crippen LogP contribution in [0.3, 0.4) is 0 Å². The zero-order valence-electron chi connectivity index (χ0n) is 16.6. The van der Waals surface area contributed by atoms with Crippen molar-refractivity contribution in [2.45, 2.75) is 19.2 Å². The maximum absolute atomic E-state index is 13.0. The second-order valence-electron chi connectivity index (χ2n) is 7.21. The van der Waals surface area contributed by atoms with Gasteiger partial charge in [-0.25, -0.2) is 4.68 Å². The van der Waals surface area contributed by atoms with Gasteiger partial charge in [-0.2, -0.15) is 5.10 Å². The highest BCUT2D eigenvalue weighted by Gasteiger charge is 2.31. The average molecular weight is 464 g/mol. The summed E-state index contributed by atoms with van der Waals surface area (Å²) in [6.45, 7) is 0.595. The molecule has 1 aromatic heterocycles. The predicted molar refractivity (Wildman–Crippen MR) is 111 cm³/mol. The topological polar surface area (TPSA) is 64.4 Å². The first-order valence-corrected chi connectivity index (χ1v) is 10.1. The van der Waals surface area contributed by atoms with Crippen LogP contribution in [0.25, 0.3) is 16.9 Å². The third kappa shape index (κ3) is 4.94. The Bertz CT molecular complexity index is 1170. The molecule has 0 N–H and O–H groups in total. The van der Waals surface area contributed by atoms with Crippen LogP contribution in [-0.2, 0) is 4.79 Å². The molecule has 1 fully saturated rings. The smallest absolute Gasteiger partial charge is 0.406 e. The summed E-state index contributed by atoms with van der Waals surface area (Å²) in [7, 11) is 0. The van der Waals surface area contributed by atoms with Crippen molar-refractivity contribution < 1.29 is 27.5 Å². The normalized spacial score (nSPS) is 14.5. The molecule has 0 bridgehead atoms. The lowest BCUT2D eigenvalue weighted by Crippen LogP contribution is -2.38. The minimum Gasteiger partial charge on any atom is -0.406 e. The molecular formula is C22H17ClF3N3O3. The largest absolute Gasteiger partial charge is 0.573 e.